The Hall–Kier alpha value is -3.01. The second-order valence-electron chi connectivity index (χ2n) is 6.52. The van der Waals surface area contributed by atoms with Crippen LogP contribution in [0.3, 0.4) is 0 Å². The van der Waals surface area contributed by atoms with Gasteiger partial charge in [0, 0.05) is 30.7 Å². The van der Waals surface area contributed by atoms with Crippen LogP contribution in [0, 0.1) is 5.92 Å². The first-order chi connectivity index (χ1) is 12.6. The quantitative estimate of drug-likeness (QED) is 0.550. The highest BCUT2D eigenvalue weighted by molar-refractivity contribution is 5.63. The Morgan fingerprint density at radius 2 is 1.46 bits per heavy atom. The molecule has 26 heavy (non-hydrogen) atoms. The smallest absolute Gasteiger partial charge is 0.219 e. The first-order valence-electron chi connectivity index (χ1n) is 8.77. The Morgan fingerprint density at radius 1 is 0.846 bits per heavy atom. The normalized spacial score (nSPS) is 10.6. The van der Waals surface area contributed by atoms with Gasteiger partial charge >= 0.3 is 0 Å². The van der Waals surface area contributed by atoms with Crippen LogP contribution in [-0.2, 0) is 0 Å². The van der Waals surface area contributed by atoms with Crippen LogP contribution in [-0.4, -0.2) is 18.6 Å². The SMILES string of the molecule is CC(C)COc1ccc(N(C)c2ccc(Oc3ccccn3)cc2)cc1. The third-order valence-electron chi connectivity index (χ3n) is 3.89. The van der Waals surface area contributed by atoms with E-state index in [1.54, 1.807) is 6.20 Å². The highest BCUT2D eigenvalue weighted by Gasteiger charge is 2.06. The minimum atomic E-state index is 0.518. The number of pyridine rings is 1. The molecule has 0 amide bonds. The molecule has 0 saturated carbocycles. The first-order valence-corrected chi connectivity index (χ1v) is 8.77. The molecule has 0 unspecified atom stereocenters. The number of benzene rings is 2. The molecule has 0 atom stereocenters. The van der Waals surface area contributed by atoms with Crippen molar-refractivity contribution in [2.75, 3.05) is 18.6 Å². The lowest BCUT2D eigenvalue weighted by atomic mass is 10.2. The molecule has 134 valence electrons. The van der Waals surface area contributed by atoms with E-state index in [0.717, 1.165) is 29.5 Å². The van der Waals surface area contributed by atoms with E-state index in [1.165, 1.54) is 0 Å². The standard InChI is InChI=1S/C22H24N2O2/c1-17(2)16-25-20-11-7-18(8-12-20)24(3)19-9-13-21(14-10-19)26-22-6-4-5-15-23-22/h4-15,17H,16H2,1-3H3. The van der Waals surface area contributed by atoms with Gasteiger partial charge in [-0.1, -0.05) is 19.9 Å². The van der Waals surface area contributed by atoms with E-state index in [2.05, 4.69) is 35.9 Å². The van der Waals surface area contributed by atoms with Crippen molar-refractivity contribution >= 4 is 11.4 Å². The predicted molar refractivity (Wildman–Crippen MR) is 106 cm³/mol. The lowest BCUT2D eigenvalue weighted by Gasteiger charge is -2.20. The lowest BCUT2D eigenvalue weighted by molar-refractivity contribution is 0.271. The maximum atomic E-state index is 5.74. The maximum Gasteiger partial charge on any atom is 0.219 e. The van der Waals surface area contributed by atoms with Gasteiger partial charge in [-0.25, -0.2) is 4.98 Å². The monoisotopic (exact) mass is 348 g/mol. The fourth-order valence-corrected chi connectivity index (χ4v) is 2.44. The summed E-state index contributed by atoms with van der Waals surface area (Å²) < 4.78 is 11.5. The molecule has 0 bridgehead atoms. The number of ether oxygens (including phenoxy) is 2. The summed E-state index contributed by atoms with van der Waals surface area (Å²) in [5.74, 6) is 2.77. The number of hydrogen-bond donors (Lipinski definition) is 0. The average Bonchev–Trinajstić information content (AvgIpc) is 2.68. The molecule has 0 N–H and O–H groups in total. The molecule has 0 aliphatic heterocycles. The van der Waals surface area contributed by atoms with Crippen LogP contribution in [0.1, 0.15) is 13.8 Å². The van der Waals surface area contributed by atoms with Crippen molar-refractivity contribution in [1.82, 2.24) is 4.98 Å². The highest BCUT2D eigenvalue weighted by atomic mass is 16.5. The van der Waals surface area contributed by atoms with Crippen LogP contribution in [0.4, 0.5) is 11.4 Å². The van der Waals surface area contributed by atoms with E-state index in [-0.39, 0.29) is 0 Å². The Kier molecular flexibility index (Phi) is 5.74. The van der Waals surface area contributed by atoms with Gasteiger partial charge in [-0.05, 0) is 60.5 Å². The molecule has 0 saturated heterocycles. The van der Waals surface area contributed by atoms with E-state index in [9.17, 15) is 0 Å². The van der Waals surface area contributed by atoms with Crippen LogP contribution < -0.4 is 14.4 Å². The number of rotatable bonds is 7. The first kappa shape index (κ1) is 17.8. The molecular weight excluding hydrogens is 324 g/mol. The van der Waals surface area contributed by atoms with Gasteiger partial charge in [-0.2, -0.15) is 0 Å². The van der Waals surface area contributed by atoms with Gasteiger partial charge in [0.05, 0.1) is 6.61 Å². The Bertz CT molecular complexity index is 800. The predicted octanol–water partition coefficient (Wildman–Crippen LogP) is 5.68. The largest absolute Gasteiger partial charge is 0.493 e. The molecule has 1 aromatic heterocycles. The average molecular weight is 348 g/mol. The number of hydrogen-bond acceptors (Lipinski definition) is 4. The van der Waals surface area contributed by atoms with E-state index in [0.29, 0.717) is 11.8 Å². The molecule has 0 fully saturated rings. The van der Waals surface area contributed by atoms with Crippen LogP contribution in [0.25, 0.3) is 0 Å². The summed E-state index contributed by atoms with van der Waals surface area (Å²) in [4.78, 5) is 6.29. The van der Waals surface area contributed by atoms with Crippen molar-refractivity contribution in [3.05, 3.63) is 72.9 Å². The molecule has 1 heterocycles. The van der Waals surface area contributed by atoms with Crippen molar-refractivity contribution in [2.45, 2.75) is 13.8 Å². The summed E-state index contributed by atoms with van der Waals surface area (Å²) in [5, 5.41) is 0. The van der Waals surface area contributed by atoms with Crippen molar-refractivity contribution in [1.29, 1.82) is 0 Å². The van der Waals surface area contributed by atoms with Gasteiger partial charge < -0.3 is 14.4 Å². The van der Waals surface area contributed by atoms with E-state index in [1.807, 2.05) is 61.6 Å². The summed E-state index contributed by atoms with van der Waals surface area (Å²) >= 11 is 0. The van der Waals surface area contributed by atoms with E-state index >= 15 is 0 Å². The van der Waals surface area contributed by atoms with Crippen LogP contribution in [0.15, 0.2) is 72.9 Å². The molecule has 3 aromatic rings. The third kappa shape index (κ3) is 4.76. The van der Waals surface area contributed by atoms with Crippen molar-refractivity contribution in [3.63, 3.8) is 0 Å². The topological polar surface area (TPSA) is 34.6 Å². The minimum absolute atomic E-state index is 0.518. The van der Waals surface area contributed by atoms with Gasteiger partial charge in [-0.15, -0.1) is 0 Å². The summed E-state index contributed by atoms with van der Waals surface area (Å²) in [6.45, 7) is 5.01. The number of nitrogens with zero attached hydrogens (tertiary/aromatic N) is 2. The molecule has 4 heteroatoms. The molecule has 2 aromatic carbocycles. The molecular formula is C22H24N2O2. The number of aromatic nitrogens is 1. The van der Waals surface area contributed by atoms with Gasteiger partial charge in [0.15, 0.2) is 0 Å². The van der Waals surface area contributed by atoms with Gasteiger partial charge in [0.1, 0.15) is 11.5 Å². The summed E-state index contributed by atoms with van der Waals surface area (Å²) in [5.41, 5.74) is 2.18. The third-order valence-corrected chi connectivity index (χ3v) is 3.89. The Morgan fingerprint density at radius 3 is 2.00 bits per heavy atom. The molecule has 3 rings (SSSR count). The summed E-state index contributed by atoms with van der Waals surface area (Å²) in [6, 6.07) is 21.7. The molecule has 0 aliphatic rings. The fraction of sp³-hybridized carbons (Fsp3) is 0.227. The van der Waals surface area contributed by atoms with Crippen LogP contribution in [0.2, 0.25) is 0 Å². The van der Waals surface area contributed by atoms with Gasteiger partial charge in [-0.3, -0.25) is 0 Å². The molecule has 4 nitrogen and oxygen atoms in total. The molecule has 0 spiro atoms. The van der Waals surface area contributed by atoms with E-state index in [4.69, 9.17) is 9.47 Å². The van der Waals surface area contributed by atoms with Crippen molar-refractivity contribution in [3.8, 4) is 17.4 Å². The van der Waals surface area contributed by atoms with Crippen molar-refractivity contribution in [2.24, 2.45) is 5.92 Å². The zero-order chi connectivity index (χ0) is 18.4. The van der Waals surface area contributed by atoms with Gasteiger partial charge in [0.25, 0.3) is 0 Å². The second kappa shape index (κ2) is 8.39. The highest BCUT2D eigenvalue weighted by Crippen LogP contribution is 2.28. The van der Waals surface area contributed by atoms with Crippen LogP contribution in [0.5, 0.6) is 17.4 Å². The Balaban J connectivity index is 1.65. The van der Waals surface area contributed by atoms with E-state index < -0.39 is 0 Å². The maximum absolute atomic E-state index is 5.74. The fourth-order valence-electron chi connectivity index (χ4n) is 2.44. The second-order valence-corrected chi connectivity index (χ2v) is 6.52. The van der Waals surface area contributed by atoms with Gasteiger partial charge in [0.2, 0.25) is 5.88 Å². The zero-order valence-electron chi connectivity index (χ0n) is 15.4. The summed E-state index contributed by atoms with van der Waals surface area (Å²) in [6.07, 6.45) is 1.71. The zero-order valence-corrected chi connectivity index (χ0v) is 15.4. The van der Waals surface area contributed by atoms with Crippen LogP contribution >= 0.6 is 0 Å². The Labute approximate surface area is 155 Å². The minimum Gasteiger partial charge on any atom is -0.493 e. The lowest BCUT2D eigenvalue weighted by Crippen LogP contribution is -2.09. The molecule has 0 aliphatic carbocycles. The summed E-state index contributed by atoms with van der Waals surface area (Å²) in [7, 11) is 2.04. The van der Waals surface area contributed by atoms with Crippen molar-refractivity contribution < 1.29 is 9.47 Å². The molecule has 0 radical (unpaired) electrons. The number of anilines is 2.